The zero-order valence-electron chi connectivity index (χ0n) is 17.7. The van der Waals surface area contributed by atoms with Crippen molar-refractivity contribution >= 4 is 33.4 Å². The van der Waals surface area contributed by atoms with E-state index >= 15 is 0 Å². The van der Waals surface area contributed by atoms with Gasteiger partial charge in [-0.25, -0.2) is 0 Å². The molecule has 1 N–H and O–H groups in total. The molecule has 0 aromatic heterocycles. The molecule has 2 fully saturated rings. The van der Waals surface area contributed by atoms with E-state index in [0.29, 0.717) is 12.6 Å². The summed E-state index contributed by atoms with van der Waals surface area (Å²) in [6.45, 7) is 3.04. The van der Waals surface area contributed by atoms with Gasteiger partial charge in [0.15, 0.2) is 0 Å². The third-order valence-corrected chi connectivity index (χ3v) is 7.06. The van der Waals surface area contributed by atoms with Crippen LogP contribution in [0.15, 0.2) is 54.6 Å². The van der Waals surface area contributed by atoms with E-state index in [-0.39, 0.29) is 11.8 Å². The highest BCUT2D eigenvalue weighted by molar-refractivity contribution is 6.18. The fourth-order valence-corrected chi connectivity index (χ4v) is 5.38. The molecule has 0 radical (unpaired) electrons. The highest BCUT2D eigenvalue weighted by Gasteiger charge is 2.33. The van der Waals surface area contributed by atoms with E-state index in [0.717, 1.165) is 72.4 Å². The van der Waals surface area contributed by atoms with Crippen molar-refractivity contribution in [3.05, 3.63) is 60.2 Å². The summed E-state index contributed by atoms with van der Waals surface area (Å²) in [5.74, 6) is -0.830. The first-order valence-electron chi connectivity index (χ1n) is 11.3. The van der Waals surface area contributed by atoms with Crippen LogP contribution in [0.1, 0.15) is 36.0 Å². The number of carboxylic acids is 1. The maximum absolute atomic E-state index is 13.7. The second kappa shape index (κ2) is 8.31. The average Bonchev–Trinajstić information content (AvgIpc) is 2.82. The molecule has 1 amide bonds. The van der Waals surface area contributed by atoms with Gasteiger partial charge in [-0.2, -0.15) is 0 Å². The monoisotopic (exact) mass is 416 g/mol. The Balaban J connectivity index is 1.37. The highest BCUT2D eigenvalue weighted by atomic mass is 16.4. The van der Waals surface area contributed by atoms with Gasteiger partial charge in [0.05, 0.1) is 11.5 Å². The van der Waals surface area contributed by atoms with E-state index in [2.05, 4.69) is 23.1 Å². The van der Waals surface area contributed by atoms with Crippen LogP contribution in [0.2, 0.25) is 0 Å². The second-order valence-electron chi connectivity index (χ2n) is 8.89. The van der Waals surface area contributed by atoms with Gasteiger partial charge in [-0.3, -0.25) is 14.5 Å². The summed E-state index contributed by atoms with van der Waals surface area (Å²) >= 11 is 0. The van der Waals surface area contributed by atoms with Crippen molar-refractivity contribution in [3.63, 3.8) is 0 Å². The minimum atomic E-state index is -0.680. The highest BCUT2D eigenvalue weighted by Crippen LogP contribution is 2.31. The smallest absolute Gasteiger partial charge is 0.307 e. The zero-order valence-corrected chi connectivity index (χ0v) is 17.7. The summed E-state index contributed by atoms with van der Waals surface area (Å²) in [4.78, 5) is 29.4. The molecule has 160 valence electrons. The van der Waals surface area contributed by atoms with Gasteiger partial charge in [-0.15, -0.1) is 0 Å². The summed E-state index contributed by atoms with van der Waals surface area (Å²) in [5, 5.41) is 13.6. The first kappa shape index (κ1) is 20.0. The summed E-state index contributed by atoms with van der Waals surface area (Å²) in [6, 6.07) is 18.8. The van der Waals surface area contributed by atoms with Gasteiger partial charge in [-0.05, 0) is 59.8 Å². The van der Waals surface area contributed by atoms with E-state index in [4.69, 9.17) is 0 Å². The first-order chi connectivity index (χ1) is 15.1. The van der Waals surface area contributed by atoms with Crippen molar-refractivity contribution in [2.24, 2.45) is 5.92 Å². The molecule has 5 heteroatoms. The number of carbonyl (C=O) groups is 2. The predicted molar refractivity (Wildman–Crippen MR) is 122 cm³/mol. The van der Waals surface area contributed by atoms with Crippen LogP contribution >= 0.6 is 0 Å². The predicted octanol–water partition coefficient (Wildman–Crippen LogP) is 4.39. The Morgan fingerprint density at radius 1 is 0.839 bits per heavy atom. The number of rotatable bonds is 3. The number of fused-ring (bicyclic) bond motifs is 2. The maximum Gasteiger partial charge on any atom is 0.307 e. The number of benzene rings is 3. The Morgan fingerprint density at radius 3 is 2.06 bits per heavy atom. The molecule has 5 nitrogen and oxygen atoms in total. The molecular formula is C26H28N2O3. The van der Waals surface area contributed by atoms with Crippen molar-refractivity contribution in [2.45, 2.75) is 31.7 Å². The standard InChI is InChI=1S/C26H28N2O3/c29-25(24-22-9-3-1-6-18(22)16-19-7-2-4-10-23(19)24)27-14-11-21(12-15-27)28-13-5-8-20(17-28)26(30)31/h1-4,6-7,9-10,16,20-21H,5,8,11-15,17H2,(H,30,31)/t20-/m1/s1. The molecular weight excluding hydrogens is 388 g/mol. The van der Waals surface area contributed by atoms with Gasteiger partial charge in [0, 0.05) is 25.7 Å². The SMILES string of the molecule is O=C(O)[C@@H]1CCCN(C2CCN(C(=O)c3c4ccccc4cc4ccccc34)CC2)C1. The number of likely N-dealkylation sites (tertiary alicyclic amines) is 2. The Labute approximate surface area is 182 Å². The Hall–Kier alpha value is -2.92. The van der Waals surface area contributed by atoms with Gasteiger partial charge in [0.1, 0.15) is 0 Å². The number of hydrogen-bond acceptors (Lipinski definition) is 3. The van der Waals surface area contributed by atoms with E-state index in [9.17, 15) is 14.7 Å². The van der Waals surface area contributed by atoms with Crippen LogP contribution in [0.5, 0.6) is 0 Å². The van der Waals surface area contributed by atoms with Crippen LogP contribution in [0, 0.1) is 5.92 Å². The van der Waals surface area contributed by atoms with Gasteiger partial charge < -0.3 is 10.0 Å². The number of carboxylic acid groups (broad SMARTS) is 1. The molecule has 0 aliphatic carbocycles. The number of amides is 1. The Bertz CT molecular complexity index is 1080. The Kier molecular flexibility index (Phi) is 5.36. The lowest BCUT2D eigenvalue weighted by Gasteiger charge is -2.41. The van der Waals surface area contributed by atoms with Crippen molar-refractivity contribution in [1.29, 1.82) is 0 Å². The topological polar surface area (TPSA) is 60.9 Å². The van der Waals surface area contributed by atoms with Gasteiger partial charge in [0.2, 0.25) is 0 Å². The number of aliphatic carboxylic acids is 1. The van der Waals surface area contributed by atoms with Crippen LogP contribution in [0.3, 0.4) is 0 Å². The number of carbonyl (C=O) groups excluding carboxylic acids is 1. The minimum absolute atomic E-state index is 0.105. The van der Waals surface area contributed by atoms with E-state index in [1.54, 1.807) is 0 Å². The number of piperidine rings is 2. The molecule has 2 heterocycles. The van der Waals surface area contributed by atoms with Crippen molar-refractivity contribution in [1.82, 2.24) is 9.80 Å². The maximum atomic E-state index is 13.7. The first-order valence-corrected chi connectivity index (χ1v) is 11.3. The van der Waals surface area contributed by atoms with Crippen LogP contribution in [-0.4, -0.2) is 59.0 Å². The summed E-state index contributed by atoms with van der Waals surface area (Å²) in [5.41, 5.74) is 0.802. The summed E-state index contributed by atoms with van der Waals surface area (Å²) in [6.07, 6.45) is 3.52. The minimum Gasteiger partial charge on any atom is -0.481 e. The number of nitrogens with zero attached hydrogens (tertiary/aromatic N) is 2. The summed E-state index contributed by atoms with van der Waals surface area (Å²) in [7, 11) is 0. The molecule has 2 saturated heterocycles. The van der Waals surface area contributed by atoms with Crippen LogP contribution < -0.4 is 0 Å². The fraction of sp³-hybridized carbons (Fsp3) is 0.385. The van der Waals surface area contributed by atoms with Crippen molar-refractivity contribution in [2.75, 3.05) is 26.2 Å². The largest absolute Gasteiger partial charge is 0.481 e. The molecule has 31 heavy (non-hydrogen) atoms. The lowest BCUT2D eigenvalue weighted by molar-refractivity contribution is -0.144. The van der Waals surface area contributed by atoms with Gasteiger partial charge in [0.25, 0.3) is 5.91 Å². The molecule has 1 atom stereocenters. The van der Waals surface area contributed by atoms with Gasteiger partial charge >= 0.3 is 5.97 Å². The lowest BCUT2D eigenvalue weighted by Crippen LogP contribution is -2.50. The summed E-state index contributed by atoms with van der Waals surface area (Å²) < 4.78 is 0. The molecule has 3 aromatic rings. The van der Waals surface area contributed by atoms with Crippen LogP contribution in [-0.2, 0) is 4.79 Å². The Morgan fingerprint density at radius 2 is 1.45 bits per heavy atom. The second-order valence-corrected chi connectivity index (χ2v) is 8.89. The molecule has 2 aliphatic heterocycles. The van der Waals surface area contributed by atoms with E-state index in [1.807, 2.05) is 41.3 Å². The molecule has 3 aromatic carbocycles. The third kappa shape index (κ3) is 3.79. The molecule has 0 bridgehead atoms. The molecule has 2 aliphatic rings. The van der Waals surface area contributed by atoms with Crippen LogP contribution in [0.25, 0.3) is 21.5 Å². The quantitative estimate of drug-likeness (QED) is 0.643. The van der Waals surface area contributed by atoms with Gasteiger partial charge in [-0.1, -0.05) is 48.5 Å². The molecule has 0 spiro atoms. The van der Waals surface area contributed by atoms with E-state index in [1.165, 1.54) is 0 Å². The lowest BCUT2D eigenvalue weighted by atomic mass is 9.93. The zero-order chi connectivity index (χ0) is 21.4. The molecule has 0 unspecified atom stereocenters. The third-order valence-electron chi connectivity index (χ3n) is 7.06. The number of hydrogen-bond donors (Lipinski definition) is 1. The van der Waals surface area contributed by atoms with Crippen molar-refractivity contribution < 1.29 is 14.7 Å². The molecule has 0 saturated carbocycles. The molecule has 5 rings (SSSR count). The van der Waals surface area contributed by atoms with Crippen LogP contribution in [0.4, 0.5) is 0 Å². The van der Waals surface area contributed by atoms with Crippen molar-refractivity contribution in [3.8, 4) is 0 Å². The average molecular weight is 417 g/mol. The van der Waals surface area contributed by atoms with E-state index < -0.39 is 5.97 Å². The normalized spacial score (nSPS) is 20.9. The fourth-order valence-electron chi connectivity index (χ4n) is 5.38.